The van der Waals surface area contributed by atoms with Gasteiger partial charge in [0.2, 0.25) is 0 Å². The first-order chi connectivity index (χ1) is 6.20. The minimum atomic E-state index is 0.653. The number of nitrogens with one attached hydrogen (secondary N) is 2. The Bertz CT molecular complexity index is 174. The Morgan fingerprint density at radius 2 is 2.00 bits per heavy atom. The predicted octanol–water partition coefficient (Wildman–Crippen LogP) is 2.24. The fourth-order valence-corrected chi connectivity index (χ4v) is 0.642. The highest BCUT2D eigenvalue weighted by Crippen LogP contribution is 1.86. The van der Waals surface area contributed by atoms with E-state index in [1.54, 1.807) is 6.08 Å². The van der Waals surface area contributed by atoms with Crippen LogP contribution >= 0.6 is 12.2 Å². The average Bonchev–Trinajstić information content (AvgIpc) is 2.18. The van der Waals surface area contributed by atoms with Crippen molar-refractivity contribution in [2.75, 3.05) is 13.6 Å². The molecule has 0 unspecified atom stereocenters. The van der Waals surface area contributed by atoms with Crippen LogP contribution in [0.25, 0.3) is 0 Å². The Morgan fingerprint density at radius 1 is 1.46 bits per heavy atom. The van der Waals surface area contributed by atoms with Crippen molar-refractivity contribution in [2.45, 2.75) is 20.8 Å². The van der Waals surface area contributed by atoms with E-state index in [-0.39, 0.29) is 0 Å². The molecule has 0 rings (SSSR count). The van der Waals surface area contributed by atoms with Gasteiger partial charge in [0.05, 0.1) is 0 Å². The summed E-state index contributed by atoms with van der Waals surface area (Å²) < 4.78 is 0. The highest BCUT2D eigenvalue weighted by Gasteiger charge is 1.86. The molecule has 0 aromatic rings. The monoisotopic (exact) mass is 200 g/mol. The van der Waals surface area contributed by atoms with E-state index in [2.05, 4.69) is 17.2 Å². The minimum Gasteiger partial charge on any atom is -0.353 e. The molecular formula is C10H20N2S. The third-order valence-corrected chi connectivity index (χ3v) is 1.39. The van der Waals surface area contributed by atoms with Crippen molar-refractivity contribution in [3.8, 4) is 0 Å². The van der Waals surface area contributed by atoms with Crippen molar-refractivity contribution in [3.05, 3.63) is 24.4 Å². The van der Waals surface area contributed by atoms with Gasteiger partial charge < -0.3 is 10.6 Å². The van der Waals surface area contributed by atoms with Crippen molar-refractivity contribution < 1.29 is 0 Å². The van der Waals surface area contributed by atoms with Crippen molar-refractivity contribution in [1.82, 2.24) is 10.6 Å². The number of hydrogen-bond acceptors (Lipinski definition) is 2. The van der Waals surface area contributed by atoms with E-state index in [0.717, 1.165) is 6.54 Å². The molecule has 0 fully saturated rings. The molecular weight excluding hydrogens is 180 g/mol. The lowest BCUT2D eigenvalue weighted by atomic mass is 10.3. The fraction of sp³-hybridized carbons (Fsp3) is 0.500. The molecule has 0 amide bonds. The van der Waals surface area contributed by atoms with Crippen LogP contribution in [0.1, 0.15) is 20.8 Å². The quantitative estimate of drug-likeness (QED) is 0.537. The van der Waals surface area contributed by atoms with Crippen LogP contribution in [0.5, 0.6) is 0 Å². The zero-order chi connectivity index (χ0) is 10.7. The molecule has 0 radical (unpaired) electrons. The molecule has 0 saturated heterocycles. The number of hydrogen-bond donors (Lipinski definition) is 2. The molecule has 2 N–H and O–H groups in total. The molecule has 0 bridgehead atoms. The Labute approximate surface area is 87.1 Å². The van der Waals surface area contributed by atoms with E-state index < -0.39 is 0 Å². The lowest BCUT2D eigenvalue weighted by Gasteiger charge is -2.00. The molecule has 0 aromatic carbocycles. The van der Waals surface area contributed by atoms with E-state index >= 15 is 0 Å². The van der Waals surface area contributed by atoms with Gasteiger partial charge in [0.15, 0.2) is 0 Å². The van der Waals surface area contributed by atoms with Gasteiger partial charge in [-0.1, -0.05) is 32.6 Å². The molecule has 76 valence electrons. The summed E-state index contributed by atoms with van der Waals surface area (Å²) in [6.07, 6.45) is 3.49. The zero-order valence-corrected chi connectivity index (χ0v) is 9.79. The van der Waals surface area contributed by atoms with Gasteiger partial charge in [-0.15, -0.1) is 0 Å². The van der Waals surface area contributed by atoms with E-state index in [9.17, 15) is 0 Å². The summed E-state index contributed by atoms with van der Waals surface area (Å²) in [5, 5.41) is 5.96. The van der Waals surface area contributed by atoms with Crippen LogP contribution in [-0.4, -0.2) is 18.6 Å². The second-order valence-electron chi connectivity index (χ2n) is 2.23. The van der Waals surface area contributed by atoms with Gasteiger partial charge >= 0.3 is 0 Å². The van der Waals surface area contributed by atoms with Crippen molar-refractivity contribution in [2.24, 2.45) is 0 Å². The van der Waals surface area contributed by atoms with Crippen LogP contribution in [0.15, 0.2) is 24.4 Å². The second kappa shape index (κ2) is 11.3. The summed E-state index contributed by atoms with van der Waals surface area (Å²) in [6, 6.07) is 0. The summed E-state index contributed by atoms with van der Waals surface area (Å²) in [5.74, 6) is 0. The second-order valence-corrected chi connectivity index (χ2v) is 2.67. The molecule has 0 spiro atoms. The zero-order valence-electron chi connectivity index (χ0n) is 8.98. The van der Waals surface area contributed by atoms with E-state index in [1.165, 1.54) is 5.57 Å². The standard InChI is InChI=1S/C8H14N2S.C2H6/c1-4-8(11)10-6-7(2)5-9-3;1-2/h4,6,9H,1,5H2,2-3H3,(H,10,11);1-2H3/b7-6+;. The number of rotatable bonds is 4. The van der Waals surface area contributed by atoms with Crippen LogP contribution in [0.4, 0.5) is 0 Å². The summed E-state index contributed by atoms with van der Waals surface area (Å²) in [4.78, 5) is 0.653. The molecule has 0 aliphatic carbocycles. The third kappa shape index (κ3) is 11.3. The first-order valence-electron chi connectivity index (χ1n) is 4.44. The molecule has 0 aromatic heterocycles. The maximum absolute atomic E-state index is 4.86. The third-order valence-electron chi connectivity index (χ3n) is 1.10. The first-order valence-corrected chi connectivity index (χ1v) is 4.84. The van der Waals surface area contributed by atoms with Gasteiger partial charge in [0, 0.05) is 12.7 Å². The summed E-state index contributed by atoms with van der Waals surface area (Å²) in [5.41, 5.74) is 1.21. The van der Waals surface area contributed by atoms with Crippen LogP contribution < -0.4 is 10.6 Å². The number of thiocarbonyl (C=S) groups is 1. The van der Waals surface area contributed by atoms with Crippen molar-refractivity contribution >= 4 is 17.2 Å². The SMILES string of the molecule is C=CC(=S)N/C=C(\C)CNC.CC. The highest BCUT2D eigenvalue weighted by molar-refractivity contribution is 7.80. The molecule has 0 aliphatic heterocycles. The predicted molar refractivity (Wildman–Crippen MR) is 65.0 cm³/mol. The molecule has 0 atom stereocenters. The van der Waals surface area contributed by atoms with E-state index in [4.69, 9.17) is 12.2 Å². The molecule has 0 heterocycles. The van der Waals surface area contributed by atoms with E-state index in [0.29, 0.717) is 4.99 Å². The molecule has 3 heteroatoms. The van der Waals surface area contributed by atoms with Crippen LogP contribution in [0, 0.1) is 0 Å². The Balaban J connectivity index is 0. The molecule has 0 saturated carbocycles. The molecule has 2 nitrogen and oxygen atoms in total. The summed E-state index contributed by atoms with van der Waals surface area (Å²) >= 11 is 4.86. The highest BCUT2D eigenvalue weighted by atomic mass is 32.1. The fourth-order valence-electron chi connectivity index (χ4n) is 0.583. The first kappa shape index (κ1) is 14.8. The van der Waals surface area contributed by atoms with Gasteiger partial charge in [0.25, 0.3) is 0 Å². The average molecular weight is 200 g/mol. The maximum atomic E-state index is 4.86. The maximum Gasteiger partial charge on any atom is 0.102 e. The largest absolute Gasteiger partial charge is 0.353 e. The summed E-state index contributed by atoms with van der Waals surface area (Å²) in [7, 11) is 1.91. The molecule has 13 heavy (non-hydrogen) atoms. The van der Waals surface area contributed by atoms with Gasteiger partial charge in [-0.2, -0.15) is 0 Å². The van der Waals surface area contributed by atoms with Gasteiger partial charge in [0.1, 0.15) is 4.99 Å². The normalized spacial score (nSPS) is 9.69. The molecule has 0 aliphatic rings. The van der Waals surface area contributed by atoms with Gasteiger partial charge in [-0.3, -0.25) is 0 Å². The van der Waals surface area contributed by atoms with Gasteiger partial charge in [-0.05, 0) is 25.6 Å². The topological polar surface area (TPSA) is 24.1 Å². The van der Waals surface area contributed by atoms with Gasteiger partial charge in [-0.25, -0.2) is 0 Å². The van der Waals surface area contributed by atoms with E-state index in [1.807, 2.05) is 34.0 Å². The Morgan fingerprint density at radius 3 is 2.38 bits per heavy atom. The van der Waals surface area contributed by atoms with Crippen LogP contribution in [-0.2, 0) is 0 Å². The Kier molecular flexibility index (Phi) is 12.9. The van der Waals surface area contributed by atoms with Crippen molar-refractivity contribution in [3.63, 3.8) is 0 Å². The minimum absolute atomic E-state index is 0.653. The number of likely N-dealkylation sites (N-methyl/N-ethyl adjacent to an activating group) is 1. The lowest BCUT2D eigenvalue weighted by molar-refractivity contribution is 0.873. The lowest BCUT2D eigenvalue weighted by Crippen LogP contribution is -2.15. The summed E-state index contributed by atoms with van der Waals surface area (Å²) in [6.45, 7) is 10.4. The van der Waals surface area contributed by atoms with Crippen LogP contribution in [0.2, 0.25) is 0 Å². The van der Waals surface area contributed by atoms with Crippen LogP contribution in [0.3, 0.4) is 0 Å². The van der Waals surface area contributed by atoms with Crippen molar-refractivity contribution in [1.29, 1.82) is 0 Å². The smallest absolute Gasteiger partial charge is 0.102 e. The Hall–Kier alpha value is -0.670.